The summed E-state index contributed by atoms with van der Waals surface area (Å²) >= 11 is 3.48. The Hall–Kier alpha value is -2.18. The third kappa shape index (κ3) is 5.16. The van der Waals surface area contributed by atoms with Crippen molar-refractivity contribution in [1.29, 1.82) is 0 Å². The van der Waals surface area contributed by atoms with Gasteiger partial charge in [-0.3, -0.25) is 9.79 Å². The summed E-state index contributed by atoms with van der Waals surface area (Å²) in [7, 11) is 0. The summed E-state index contributed by atoms with van der Waals surface area (Å²) in [5, 5.41) is 0. The van der Waals surface area contributed by atoms with Gasteiger partial charge in [0.15, 0.2) is 6.61 Å². The topological polar surface area (TPSA) is 51.1 Å². The highest BCUT2D eigenvalue weighted by atomic mass is 79.9. The zero-order valence-electron chi connectivity index (χ0n) is 14.7. The van der Waals surface area contributed by atoms with E-state index >= 15 is 0 Å². The van der Waals surface area contributed by atoms with E-state index in [1.807, 2.05) is 55.6 Å². The van der Waals surface area contributed by atoms with Crippen molar-refractivity contribution in [3.05, 3.63) is 58.1 Å². The first-order valence-corrected chi connectivity index (χ1v) is 9.30. The van der Waals surface area contributed by atoms with Gasteiger partial charge >= 0.3 is 0 Å². The minimum atomic E-state index is -0.00968. The largest absolute Gasteiger partial charge is 0.484 e. The van der Waals surface area contributed by atoms with Gasteiger partial charge in [-0.05, 0) is 60.5 Å². The lowest BCUT2D eigenvalue weighted by atomic mass is 10.2. The predicted octanol–water partition coefficient (Wildman–Crippen LogP) is 3.75. The van der Waals surface area contributed by atoms with Gasteiger partial charge < -0.3 is 14.4 Å². The average molecular weight is 417 g/mol. The van der Waals surface area contributed by atoms with Gasteiger partial charge in [-0.15, -0.1) is 0 Å². The first kappa shape index (κ1) is 18.6. The molecule has 0 N–H and O–H groups in total. The number of rotatable bonds is 5. The molecule has 0 saturated carbocycles. The minimum absolute atomic E-state index is 0.00968. The Labute approximate surface area is 161 Å². The Morgan fingerprint density at radius 2 is 1.96 bits per heavy atom. The number of carbonyl (C=O) groups excluding carboxylic acids is 1. The number of aryl methyl sites for hydroxylation is 1. The molecule has 5 nitrogen and oxygen atoms in total. The van der Waals surface area contributed by atoms with E-state index in [1.54, 1.807) is 4.90 Å². The Morgan fingerprint density at radius 3 is 2.65 bits per heavy atom. The van der Waals surface area contributed by atoms with Crippen LogP contribution < -0.4 is 4.74 Å². The number of nitrogens with zero attached hydrogens (tertiary/aromatic N) is 2. The molecule has 1 amide bonds. The average Bonchev–Trinajstić information content (AvgIpc) is 2.68. The lowest BCUT2D eigenvalue weighted by Crippen LogP contribution is -2.42. The summed E-state index contributed by atoms with van der Waals surface area (Å²) in [4.78, 5) is 18.3. The van der Waals surface area contributed by atoms with Crippen LogP contribution in [0.1, 0.15) is 11.1 Å². The fourth-order valence-corrected chi connectivity index (χ4v) is 2.80. The molecule has 6 heteroatoms. The van der Waals surface area contributed by atoms with Crippen molar-refractivity contribution in [3.8, 4) is 5.75 Å². The van der Waals surface area contributed by atoms with Crippen LogP contribution in [0.25, 0.3) is 0 Å². The number of hydrogen-bond donors (Lipinski definition) is 0. The molecule has 3 rings (SSSR count). The Bertz CT molecular complexity index is 784. The molecule has 2 aromatic carbocycles. The van der Waals surface area contributed by atoms with E-state index in [-0.39, 0.29) is 12.5 Å². The number of aliphatic imine (C=N–C) groups is 1. The number of carbonyl (C=O) groups is 1. The fourth-order valence-electron chi connectivity index (χ4n) is 2.56. The molecule has 1 aliphatic rings. The summed E-state index contributed by atoms with van der Waals surface area (Å²) in [6, 6.07) is 13.5. The monoisotopic (exact) mass is 416 g/mol. The highest BCUT2D eigenvalue weighted by molar-refractivity contribution is 9.10. The van der Waals surface area contributed by atoms with Gasteiger partial charge in [-0.2, -0.15) is 0 Å². The highest BCUT2D eigenvalue weighted by Gasteiger charge is 2.16. The number of halogens is 1. The van der Waals surface area contributed by atoms with Gasteiger partial charge in [-0.1, -0.05) is 15.9 Å². The smallest absolute Gasteiger partial charge is 0.260 e. The third-order valence-corrected chi connectivity index (χ3v) is 5.00. The minimum Gasteiger partial charge on any atom is -0.484 e. The lowest BCUT2D eigenvalue weighted by Gasteiger charge is -2.26. The molecule has 1 heterocycles. The summed E-state index contributed by atoms with van der Waals surface area (Å²) in [6.45, 7) is 4.54. The Kier molecular flexibility index (Phi) is 6.41. The molecule has 1 aliphatic heterocycles. The lowest BCUT2D eigenvalue weighted by molar-refractivity contribution is -0.137. The predicted molar refractivity (Wildman–Crippen MR) is 105 cm³/mol. The molecule has 0 unspecified atom stereocenters. The first-order chi connectivity index (χ1) is 12.6. The van der Waals surface area contributed by atoms with Crippen molar-refractivity contribution in [2.75, 3.05) is 32.9 Å². The molecule has 1 saturated heterocycles. The zero-order valence-corrected chi connectivity index (χ0v) is 16.2. The molecule has 0 spiro atoms. The summed E-state index contributed by atoms with van der Waals surface area (Å²) in [6.07, 6.45) is 1.81. The van der Waals surface area contributed by atoms with Gasteiger partial charge in [0.25, 0.3) is 5.91 Å². The van der Waals surface area contributed by atoms with Crippen LogP contribution in [0.15, 0.2) is 51.9 Å². The first-order valence-electron chi connectivity index (χ1n) is 8.50. The van der Waals surface area contributed by atoms with E-state index < -0.39 is 0 Å². The van der Waals surface area contributed by atoms with Gasteiger partial charge in [0.1, 0.15) is 5.75 Å². The fraction of sp³-hybridized carbons (Fsp3) is 0.300. The summed E-state index contributed by atoms with van der Waals surface area (Å²) in [5.74, 6) is 0.660. The molecule has 0 aliphatic carbocycles. The van der Waals surface area contributed by atoms with Crippen LogP contribution in [0, 0.1) is 6.92 Å². The molecule has 136 valence electrons. The van der Waals surface area contributed by atoms with Crippen molar-refractivity contribution in [3.63, 3.8) is 0 Å². The second kappa shape index (κ2) is 8.96. The number of hydrogen-bond acceptors (Lipinski definition) is 4. The maximum atomic E-state index is 12.1. The highest BCUT2D eigenvalue weighted by Crippen LogP contribution is 2.22. The number of ether oxygens (including phenoxy) is 2. The van der Waals surface area contributed by atoms with Crippen LogP contribution in [0.3, 0.4) is 0 Å². The van der Waals surface area contributed by atoms with Crippen molar-refractivity contribution in [2.24, 2.45) is 4.99 Å². The quantitative estimate of drug-likeness (QED) is 0.697. The summed E-state index contributed by atoms with van der Waals surface area (Å²) in [5.41, 5.74) is 3.02. The standard InChI is InChI=1S/C20H21BrN2O3/c1-15-12-17(4-7-19(15)21)22-13-16-2-5-18(6-3-16)26-14-20(24)23-8-10-25-11-9-23/h2-7,12-13H,8-11,14H2,1H3. The number of benzene rings is 2. The van der Waals surface area contributed by atoms with E-state index in [9.17, 15) is 4.79 Å². The molecule has 0 radical (unpaired) electrons. The van der Waals surface area contributed by atoms with Gasteiger partial charge in [0.2, 0.25) is 0 Å². The van der Waals surface area contributed by atoms with Crippen molar-refractivity contribution >= 4 is 33.7 Å². The molecule has 0 bridgehead atoms. The molecule has 2 aromatic rings. The van der Waals surface area contributed by atoms with Gasteiger partial charge in [0, 0.05) is 23.8 Å². The van der Waals surface area contributed by atoms with Crippen molar-refractivity contribution in [2.45, 2.75) is 6.92 Å². The van der Waals surface area contributed by atoms with Gasteiger partial charge in [-0.25, -0.2) is 0 Å². The van der Waals surface area contributed by atoms with E-state index in [0.29, 0.717) is 32.1 Å². The van der Waals surface area contributed by atoms with Crippen LogP contribution in [0.2, 0.25) is 0 Å². The Balaban J connectivity index is 1.53. The molecule has 1 fully saturated rings. The van der Waals surface area contributed by atoms with Crippen LogP contribution in [0.5, 0.6) is 5.75 Å². The number of amides is 1. The van der Waals surface area contributed by atoms with Gasteiger partial charge in [0.05, 0.1) is 18.9 Å². The zero-order chi connectivity index (χ0) is 18.4. The second-order valence-electron chi connectivity index (χ2n) is 6.04. The van der Waals surface area contributed by atoms with Crippen molar-refractivity contribution in [1.82, 2.24) is 4.90 Å². The van der Waals surface area contributed by atoms with Crippen LogP contribution in [-0.4, -0.2) is 49.9 Å². The second-order valence-corrected chi connectivity index (χ2v) is 6.90. The molecule has 26 heavy (non-hydrogen) atoms. The molecular weight excluding hydrogens is 396 g/mol. The SMILES string of the molecule is Cc1cc(N=Cc2ccc(OCC(=O)N3CCOCC3)cc2)ccc1Br. The maximum Gasteiger partial charge on any atom is 0.260 e. The normalized spacial score (nSPS) is 14.6. The third-order valence-electron chi connectivity index (χ3n) is 4.11. The summed E-state index contributed by atoms with van der Waals surface area (Å²) < 4.78 is 11.9. The molecular formula is C20H21BrN2O3. The molecule has 0 aromatic heterocycles. The van der Waals surface area contributed by atoms with E-state index in [1.165, 1.54) is 0 Å². The maximum absolute atomic E-state index is 12.1. The van der Waals surface area contributed by atoms with E-state index in [0.717, 1.165) is 21.3 Å². The van der Waals surface area contributed by atoms with Crippen LogP contribution >= 0.6 is 15.9 Å². The van der Waals surface area contributed by atoms with Crippen LogP contribution in [0.4, 0.5) is 5.69 Å². The number of morpholine rings is 1. The van der Waals surface area contributed by atoms with Crippen LogP contribution in [-0.2, 0) is 9.53 Å². The van der Waals surface area contributed by atoms with E-state index in [4.69, 9.17) is 9.47 Å². The van der Waals surface area contributed by atoms with Crippen molar-refractivity contribution < 1.29 is 14.3 Å². The Morgan fingerprint density at radius 1 is 1.23 bits per heavy atom. The van der Waals surface area contributed by atoms with E-state index in [2.05, 4.69) is 20.9 Å². The molecule has 0 atom stereocenters.